The number of ketones is 1. The summed E-state index contributed by atoms with van der Waals surface area (Å²) in [6, 6.07) is 23.6. The first-order valence-electron chi connectivity index (χ1n) is 11.6. The van der Waals surface area contributed by atoms with Crippen molar-refractivity contribution < 1.29 is 29.1 Å². The zero-order chi connectivity index (χ0) is 27.0. The normalized spacial score (nSPS) is 12.3. The molecule has 8 nitrogen and oxygen atoms in total. The van der Waals surface area contributed by atoms with Crippen molar-refractivity contribution in [1.82, 2.24) is 0 Å². The molecule has 0 bridgehead atoms. The fraction of sp³-hybridized carbons (Fsp3) is 0.0333. The lowest BCUT2D eigenvalue weighted by Crippen LogP contribution is -2.29. The Morgan fingerprint density at radius 3 is 2.16 bits per heavy atom. The van der Waals surface area contributed by atoms with Crippen molar-refractivity contribution in [3.05, 3.63) is 130 Å². The number of imide groups is 1. The van der Waals surface area contributed by atoms with Crippen molar-refractivity contribution in [1.29, 1.82) is 0 Å². The van der Waals surface area contributed by atoms with Gasteiger partial charge in [-0.25, -0.2) is 9.69 Å². The van der Waals surface area contributed by atoms with Gasteiger partial charge in [0.25, 0.3) is 17.7 Å². The molecular weight excluding hydrogens is 484 g/mol. The largest absolute Gasteiger partial charge is 0.478 e. The van der Waals surface area contributed by atoms with Crippen LogP contribution < -0.4 is 10.2 Å². The summed E-state index contributed by atoms with van der Waals surface area (Å²) >= 11 is 0. The van der Waals surface area contributed by atoms with Crippen LogP contribution in [-0.2, 0) is 0 Å². The van der Waals surface area contributed by atoms with Crippen LogP contribution in [0.3, 0.4) is 0 Å². The van der Waals surface area contributed by atoms with Gasteiger partial charge < -0.3 is 10.4 Å². The van der Waals surface area contributed by atoms with Crippen LogP contribution in [0.2, 0.25) is 0 Å². The van der Waals surface area contributed by atoms with Gasteiger partial charge in [-0.15, -0.1) is 0 Å². The number of carboxylic acids is 1. The quantitative estimate of drug-likeness (QED) is 0.282. The minimum atomic E-state index is -1.19. The Morgan fingerprint density at radius 2 is 1.42 bits per heavy atom. The molecule has 5 rings (SSSR count). The summed E-state index contributed by atoms with van der Waals surface area (Å²) in [7, 11) is 0. The highest BCUT2D eigenvalue weighted by Gasteiger charge is 2.37. The van der Waals surface area contributed by atoms with Crippen LogP contribution in [0.4, 0.5) is 11.4 Å². The SMILES string of the molecule is Cc1ccc(NC(=O)c2ccc3c(c2)C(=O)N(c2cccc(C(=O)c4ccccc4)c2)C3=O)c(C(=O)O)c1. The second-order valence-electron chi connectivity index (χ2n) is 8.76. The fourth-order valence-corrected chi connectivity index (χ4v) is 4.30. The molecule has 8 heteroatoms. The third-order valence-corrected chi connectivity index (χ3v) is 6.20. The van der Waals surface area contributed by atoms with E-state index < -0.39 is 23.7 Å². The molecule has 0 radical (unpaired) electrons. The average Bonchev–Trinajstić information content (AvgIpc) is 3.18. The monoisotopic (exact) mass is 504 g/mol. The average molecular weight is 504 g/mol. The Kier molecular flexibility index (Phi) is 6.14. The number of carboxylic acid groups (broad SMARTS) is 1. The molecular formula is C30H20N2O6. The Balaban J connectivity index is 1.42. The van der Waals surface area contributed by atoms with Crippen LogP contribution in [0.1, 0.15) is 62.9 Å². The topological polar surface area (TPSA) is 121 Å². The molecule has 1 heterocycles. The highest BCUT2D eigenvalue weighted by atomic mass is 16.4. The van der Waals surface area contributed by atoms with E-state index in [-0.39, 0.29) is 39.4 Å². The molecule has 0 saturated carbocycles. The van der Waals surface area contributed by atoms with Crippen molar-refractivity contribution in [2.45, 2.75) is 6.92 Å². The number of carbonyl (C=O) groups is 5. The summed E-state index contributed by atoms with van der Waals surface area (Å²) < 4.78 is 0. The molecule has 3 amide bonds. The van der Waals surface area contributed by atoms with Crippen LogP contribution in [0.15, 0.2) is 91.0 Å². The molecule has 0 spiro atoms. The van der Waals surface area contributed by atoms with Crippen molar-refractivity contribution >= 4 is 40.8 Å². The van der Waals surface area contributed by atoms with Gasteiger partial charge in [-0.2, -0.15) is 0 Å². The van der Waals surface area contributed by atoms with E-state index in [4.69, 9.17) is 0 Å². The second-order valence-corrected chi connectivity index (χ2v) is 8.76. The molecule has 0 saturated heterocycles. The Bertz CT molecular complexity index is 1660. The number of nitrogens with one attached hydrogen (secondary N) is 1. The summed E-state index contributed by atoms with van der Waals surface area (Å²) in [6.07, 6.45) is 0. The highest BCUT2D eigenvalue weighted by Crippen LogP contribution is 2.30. The third-order valence-electron chi connectivity index (χ3n) is 6.20. The summed E-state index contributed by atoms with van der Waals surface area (Å²) in [6.45, 7) is 1.74. The van der Waals surface area contributed by atoms with Crippen LogP contribution in [0.25, 0.3) is 0 Å². The predicted octanol–water partition coefficient (Wildman–Crippen LogP) is 4.98. The van der Waals surface area contributed by atoms with Gasteiger partial charge in [0.05, 0.1) is 28.1 Å². The first-order chi connectivity index (χ1) is 18.2. The molecule has 4 aromatic rings. The van der Waals surface area contributed by atoms with Crippen LogP contribution >= 0.6 is 0 Å². The minimum Gasteiger partial charge on any atom is -0.478 e. The van der Waals surface area contributed by atoms with Gasteiger partial charge >= 0.3 is 5.97 Å². The van der Waals surface area contributed by atoms with E-state index >= 15 is 0 Å². The smallest absolute Gasteiger partial charge is 0.337 e. The van der Waals surface area contributed by atoms with Gasteiger partial charge in [0.15, 0.2) is 5.78 Å². The van der Waals surface area contributed by atoms with Crippen molar-refractivity contribution in [2.24, 2.45) is 0 Å². The zero-order valence-corrected chi connectivity index (χ0v) is 20.1. The second kappa shape index (κ2) is 9.59. The summed E-state index contributed by atoms with van der Waals surface area (Å²) in [5.41, 5.74) is 2.01. The van der Waals surface area contributed by atoms with E-state index in [1.165, 1.54) is 36.4 Å². The molecule has 1 aliphatic heterocycles. The van der Waals surface area contributed by atoms with Gasteiger partial charge in [-0.1, -0.05) is 54.1 Å². The molecule has 2 N–H and O–H groups in total. The number of fused-ring (bicyclic) bond motifs is 1. The van der Waals surface area contributed by atoms with E-state index in [9.17, 15) is 29.1 Å². The van der Waals surface area contributed by atoms with Crippen molar-refractivity contribution in [3.63, 3.8) is 0 Å². The van der Waals surface area contributed by atoms with Gasteiger partial charge in [0, 0.05) is 16.7 Å². The van der Waals surface area contributed by atoms with Crippen LogP contribution in [0.5, 0.6) is 0 Å². The lowest BCUT2D eigenvalue weighted by Gasteiger charge is -2.14. The maximum Gasteiger partial charge on any atom is 0.337 e. The summed E-state index contributed by atoms with van der Waals surface area (Å²) in [4.78, 5) is 64.8. The van der Waals surface area contributed by atoms with Crippen LogP contribution in [-0.4, -0.2) is 34.6 Å². The number of anilines is 2. The molecule has 1 aliphatic rings. The Hall–Kier alpha value is -5.37. The summed E-state index contributed by atoms with van der Waals surface area (Å²) in [5.74, 6) is -3.28. The minimum absolute atomic E-state index is 0.0322. The fourth-order valence-electron chi connectivity index (χ4n) is 4.30. The predicted molar refractivity (Wildman–Crippen MR) is 140 cm³/mol. The molecule has 0 fully saturated rings. The maximum absolute atomic E-state index is 13.3. The van der Waals surface area contributed by atoms with E-state index in [1.807, 2.05) is 0 Å². The van der Waals surface area contributed by atoms with Gasteiger partial charge in [0.1, 0.15) is 0 Å². The first-order valence-corrected chi connectivity index (χ1v) is 11.6. The van der Waals surface area contributed by atoms with Gasteiger partial charge in [-0.05, 0) is 49.4 Å². The van der Waals surface area contributed by atoms with Gasteiger partial charge in [-0.3, -0.25) is 19.2 Å². The number of carbonyl (C=O) groups excluding carboxylic acids is 4. The van der Waals surface area contributed by atoms with Crippen molar-refractivity contribution in [3.8, 4) is 0 Å². The first kappa shape index (κ1) is 24.3. The maximum atomic E-state index is 13.3. The van der Waals surface area contributed by atoms with Crippen LogP contribution in [0, 0.1) is 6.92 Å². The Morgan fingerprint density at radius 1 is 0.711 bits per heavy atom. The standard InChI is InChI=1S/C30H20N2O6/c1-17-10-13-25(24(14-17)30(37)38)31-27(34)20-11-12-22-23(16-20)29(36)32(28(22)35)21-9-5-8-19(15-21)26(33)18-6-3-2-4-7-18/h2-16H,1H3,(H,31,34)(H,37,38). The van der Waals surface area contributed by atoms with E-state index in [0.717, 1.165) is 10.5 Å². The molecule has 0 unspecified atom stereocenters. The number of benzene rings is 4. The zero-order valence-electron chi connectivity index (χ0n) is 20.1. The lowest BCUT2D eigenvalue weighted by atomic mass is 10.0. The number of hydrogen-bond acceptors (Lipinski definition) is 5. The van der Waals surface area contributed by atoms with Gasteiger partial charge in [0.2, 0.25) is 0 Å². The highest BCUT2D eigenvalue weighted by molar-refractivity contribution is 6.35. The molecule has 0 aromatic heterocycles. The number of nitrogens with zero attached hydrogens (tertiary/aromatic N) is 1. The molecule has 4 aromatic carbocycles. The third kappa shape index (κ3) is 4.35. The molecule has 186 valence electrons. The number of hydrogen-bond donors (Lipinski definition) is 2. The van der Waals surface area contributed by atoms with E-state index in [2.05, 4.69) is 5.32 Å². The number of aryl methyl sites for hydroxylation is 1. The number of amides is 3. The number of rotatable bonds is 6. The summed E-state index contributed by atoms with van der Waals surface area (Å²) in [5, 5.41) is 12.0. The molecule has 38 heavy (non-hydrogen) atoms. The molecule has 0 aliphatic carbocycles. The Labute approximate surface area is 217 Å². The van der Waals surface area contributed by atoms with E-state index in [0.29, 0.717) is 11.1 Å². The lowest BCUT2D eigenvalue weighted by molar-refractivity contribution is 0.0697. The molecule has 0 atom stereocenters. The van der Waals surface area contributed by atoms with Crippen molar-refractivity contribution in [2.75, 3.05) is 10.2 Å². The number of aromatic carboxylic acids is 1. The van der Waals surface area contributed by atoms with E-state index in [1.54, 1.807) is 61.5 Å².